The summed E-state index contributed by atoms with van der Waals surface area (Å²) in [5, 5.41) is 0. The van der Waals surface area contributed by atoms with E-state index in [1.54, 1.807) is 11.0 Å². The van der Waals surface area contributed by atoms with Gasteiger partial charge in [-0.3, -0.25) is 4.79 Å². The van der Waals surface area contributed by atoms with Gasteiger partial charge in [-0.2, -0.15) is 0 Å². The number of benzene rings is 1. The van der Waals surface area contributed by atoms with E-state index in [4.69, 9.17) is 4.74 Å². The van der Waals surface area contributed by atoms with Gasteiger partial charge in [0.25, 0.3) is 5.91 Å². The van der Waals surface area contributed by atoms with Gasteiger partial charge in [0.05, 0.1) is 7.11 Å². The lowest BCUT2D eigenvalue weighted by Gasteiger charge is -2.22. The van der Waals surface area contributed by atoms with Crippen LogP contribution in [0.3, 0.4) is 0 Å². The Hall–Kier alpha value is -2.43. The van der Waals surface area contributed by atoms with Crippen LogP contribution >= 0.6 is 0 Å². The lowest BCUT2D eigenvalue weighted by Crippen LogP contribution is -2.31. The molecule has 0 saturated heterocycles. The minimum Gasteiger partial charge on any atom is -0.481 e. The van der Waals surface area contributed by atoms with Gasteiger partial charge in [0.15, 0.2) is 0 Å². The van der Waals surface area contributed by atoms with Crippen molar-refractivity contribution in [1.29, 1.82) is 0 Å². The molecule has 2 aromatic rings. The number of hydrogen-bond donors (Lipinski definition) is 0. The van der Waals surface area contributed by atoms with Crippen LogP contribution in [0.1, 0.15) is 23.0 Å². The van der Waals surface area contributed by atoms with Crippen molar-refractivity contribution >= 4 is 11.6 Å². The minimum absolute atomic E-state index is 0.164. The monoisotopic (exact) mass is 271 g/mol. The van der Waals surface area contributed by atoms with Crippen LogP contribution < -0.4 is 9.64 Å². The number of ether oxygens (including phenoxy) is 1. The van der Waals surface area contributed by atoms with Crippen molar-refractivity contribution in [3.63, 3.8) is 0 Å². The van der Waals surface area contributed by atoms with Gasteiger partial charge in [-0.05, 0) is 25.5 Å². The van der Waals surface area contributed by atoms with E-state index in [0.29, 0.717) is 18.1 Å². The van der Waals surface area contributed by atoms with Crippen LogP contribution in [0.2, 0.25) is 0 Å². The van der Waals surface area contributed by atoms with Crippen LogP contribution in [0.25, 0.3) is 0 Å². The number of aromatic nitrogens is 2. The third-order valence-electron chi connectivity index (χ3n) is 3.04. The summed E-state index contributed by atoms with van der Waals surface area (Å²) < 4.78 is 5.03. The van der Waals surface area contributed by atoms with Crippen molar-refractivity contribution in [3.8, 4) is 5.88 Å². The van der Waals surface area contributed by atoms with Gasteiger partial charge in [-0.15, -0.1) is 0 Å². The summed E-state index contributed by atoms with van der Waals surface area (Å²) in [4.78, 5) is 22.2. The lowest BCUT2D eigenvalue weighted by molar-refractivity contribution is 0.0982. The van der Waals surface area contributed by atoms with Crippen LogP contribution in [0.15, 0.2) is 36.7 Å². The number of rotatable bonds is 4. The molecule has 0 fully saturated rings. The number of amides is 1. The number of anilines is 1. The van der Waals surface area contributed by atoms with Gasteiger partial charge in [0.1, 0.15) is 12.0 Å². The molecule has 0 saturated carbocycles. The number of carbonyl (C=O) groups excluding carboxylic acids is 1. The first-order chi connectivity index (χ1) is 9.67. The molecule has 0 aliphatic carbocycles. The van der Waals surface area contributed by atoms with E-state index in [9.17, 15) is 4.79 Å². The Kier molecular flexibility index (Phi) is 4.30. The van der Waals surface area contributed by atoms with Gasteiger partial charge < -0.3 is 9.64 Å². The Morgan fingerprint density at radius 1 is 1.30 bits per heavy atom. The number of para-hydroxylation sites is 1. The predicted octanol–water partition coefficient (Wildman–Crippen LogP) is 2.46. The van der Waals surface area contributed by atoms with E-state index >= 15 is 0 Å². The first-order valence-corrected chi connectivity index (χ1v) is 6.41. The molecule has 1 aromatic carbocycles. The van der Waals surface area contributed by atoms with E-state index in [2.05, 4.69) is 9.97 Å². The number of aryl methyl sites for hydroxylation is 1. The summed E-state index contributed by atoms with van der Waals surface area (Å²) in [5.41, 5.74) is 2.25. The van der Waals surface area contributed by atoms with Gasteiger partial charge in [0, 0.05) is 18.3 Å². The molecule has 0 aliphatic heterocycles. The summed E-state index contributed by atoms with van der Waals surface area (Å²) in [6, 6.07) is 9.31. The van der Waals surface area contributed by atoms with E-state index in [-0.39, 0.29) is 5.91 Å². The first kappa shape index (κ1) is 14.0. The van der Waals surface area contributed by atoms with E-state index in [1.165, 1.54) is 13.4 Å². The number of hydrogen-bond acceptors (Lipinski definition) is 4. The maximum Gasteiger partial charge on any atom is 0.277 e. The molecule has 0 N–H and O–H groups in total. The fraction of sp³-hybridized carbons (Fsp3) is 0.267. The van der Waals surface area contributed by atoms with Crippen molar-refractivity contribution in [2.75, 3.05) is 18.6 Å². The van der Waals surface area contributed by atoms with Gasteiger partial charge >= 0.3 is 0 Å². The average molecular weight is 271 g/mol. The molecule has 2 rings (SSSR count). The van der Waals surface area contributed by atoms with Gasteiger partial charge in [-0.1, -0.05) is 18.2 Å². The highest BCUT2D eigenvalue weighted by molar-refractivity contribution is 6.05. The largest absolute Gasteiger partial charge is 0.481 e. The molecule has 1 amide bonds. The molecule has 0 radical (unpaired) electrons. The fourth-order valence-corrected chi connectivity index (χ4v) is 2.00. The molecule has 0 spiro atoms. The highest BCUT2D eigenvalue weighted by Crippen LogP contribution is 2.21. The van der Waals surface area contributed by atoms with Crippen molar-refractivity contribution in [2.24, 2.45) is 0 Å². The number of nitrogens with zero attached hydrogens (tertiary/aromatic N) is 3. The molecule has 1 heterocycles. The Bertz CT molecular complexity index is 614. The van der Waals surface area contributed by atoms with E-state index in [1.807, 2.05) is 38.1 Å². The average Bonchev–Trinajstić information content (AvgIpc) is 2.49. The summed E-state index contributed by atoms with van der Waals surface area (Å²) in [6.45, 7) is 4.48. The van der Waals surface area contributed by atoms with Gasteiger partial charge in [0.2, 0.25) is 5.88 Å². The second kappa shape index (κ2) is 6.14. The number of carbonyl (C=O) groups is 1. The van der Waals surface area contributed by atoms with Crippen molar-refractivity contribution in [3.05, 3.63) is 47.9 Å². The third-order valence-corrected chi connectivity index (χ3v) is 3.04. The molecular weight excluding hydrogens is 254 g/mol. The smallest absolute Gasteiger partial charge is 0.277 e. The Balaban J connectivity index is 2.36. The Labute approximate surface area is 118 Å². The van der Waals surface area contributed by atoms with Crippen molar-refractivity contribution < 1.29 is 9.53 Å². The molecular formula is C15H17N3O2. The first-order valence-electron chi connectivity index (χ1n) is 6.41. The molecule has 104 valence electrons. The van der Waals surface area contributed by atoms with Crippen LogP contribution in [0.4, 0.5) is 5.69 Å². The SMILES string of the molecule is CCN(C(=O)c1cc(OC)ncn1)c1ccccc1C. The quantitative estimate of drug-likeness (QED) is 0.857. The van der Waals surface area contributed by atoms with Crippen molar-refractivity contribution in [1.82, 2.24) is 9.97 Å². The maximum atomic E-state index is 12.6. The van der Waals surface area contributed by atoms with E-state index < -0.39 is 0 Å². The zero-order valence-corrected chi connectivity index (χ0v) is 11.8. The molecule has 1 aromatic heterocycles. The molecule has 5 nitrogen and oxygen atoms in total. The van der Waals surface area contributed by atoms with E-state index in [0.717, 1.165) is 11.3 Å². The zero-order valence-electron chi connectivity index (χ0n) is 11.8. The second-order valence-electron chi connectivity index (χ2n) is 4.28. The topological polar surface area (TPSA) is 55.3 Å². The summed E-state index contributed by atoms with van der Waals surface area (Å²) in [6.07, 6.45) is 1.33. The normalized spacial score (nSPS) is 10.2. The molecule has 0 bridgehead atoms. The molecule has 20 heavy (non-hydrogen) atoms. The standard InChI is InChI=1S/C15H17N3O2/c1-4-18(13-8-6-5-7-11(13)2)15(19)12-9-14(20-3)17-10-16-12/h5-10H,4H2,1-3H3. The predicted molar refractivity (Wildman–Crippen MR) is 77.1 cm³/mol. The summed E-state index contributed by atoms with van der Waals surface area (Å²) in [7, 11) is 1.51. The molecule has 0 atom stereocenters. The van der Waals surface area contributed by atoms with Crippen molar-refractivity contribution in [2.45, 2.75) is 13.8 Å². The minimum atomic E-state index is -0.164. The highest BCUT2D eigenvalue weighted by Gasteiger charge is 2.19. The van der Waals surface area contributed by atoms with Crippen LogP contribution in [0, 0.1) is 6.92 Å². The number of methoxy groups -OCH3 is 1. The maximum absolute atomic E-state index is 12.6. The molecule has 0 aliphatic rings. The van der Waals surface area contributed by atoms with Gasteiger partial charge in [-0.25, -0.2) is 9.97 Å². The van der Waals surface area contributed by atoms with Crippen LogP contribution in [-0.2, 0) is 0 Å². The lowest BCUT2D eigenvalue weighted by atomic mass is 10.1. The molecule has 5 heteroatoms. The fourth-order valence-electron chi connectivity index (χ4n) is 2.00. The molecule has 0 unspecified atom stereocenters. The van der Waals surface area contributed by atoms with Crippen LogP contribution in [-0.4, -0.2) is 29.5 Å². The third kappa shape index (κ3) is 2.77. The summed E-state index contributed by atoms with van der Waals surface area (Å²) >= 11 is 0. The summed E-state index contributed by atoms with van der Waals surface area (Å²) in [5.74, 6) is 0.215. The zero-order chi connectivity index (χ0) is 14.5. The second-order valence-corrected chi connectivity index (χ2v) is 4.28. The highest BCUT2D eigenvalue weighted by atomic mass is 16.5. The Morgan fingerprint density at radius 3 is 2.70 bits per heavy atom. The Morgan fingerprint density at radius 2 is 2.05 bits per heavy atom. The van der Waals surface area contributed by atoms with Crippen LogP contribution in [0.5, 0.6) is 5.88 Å².